The van der Waals surface area contributed by atoms with Gasteiger partial charge in [-0.05, 0) is 38.1 Å². The van der Waals surface area contributed by atoms with Gasteiger partial charge < -0.3 is 10.1 Å². The number of para-hydroxylation sites is 1. The third kappa shape index (κ3) is 3.75. The normalized spacial score (nSPS) is 11.8. The molecule has 0 aliphatic carbocycles. The van der Waals surface area contributed by atoms with Crippen LogP contribution >= 0.6 is 11.6 Å². The number of rotatable bonds is 4. The van der Waals surface area contributed by atoms with E-state index in [1.807, 2.05) is 43.3 Å². The Labute approximate surface area is 123 Å². The van der Waals surface area contributed by atoms with Crippen LogP contribution in [0.5, 0.6) is 5.75 Å². The predicted octanol–water partition coefficient (Wildman–Crippen LogP) is 4.05. The summed E-state index contributed by atoms with van der Waals surface area (Å²) >= 11 is 6.00. The number of benzene rings is 2. The van der Waals surface area contributed by atoms with Gasteiger partial charge in [0.05, 0.1) is 10.7 Å². The van der Waals surface area contributed by atoms with Crippen molar-refractivity contribution >= 4 is 23.2 Å². The number of hydrogen-bond acceptors (Lipinski definition) is 2. The van der Waals surface area contributed by atoms with Crippen molar-refractivity contribution in [3.05, 3.63) is 59.1 Å². The molecule has 1 amide bonds. The van der Waals surface area contributed by atoms with Crippen LogP contribution in [0.3, 0.4) is 0 Å². The smallest absolute Gasteiger partial charge is 0.265 e. The first-order chi connectivity index (χ1) is 9.56. The lowest BCUT2D eigenvalue weighted by Gasteiger charge is -2.15. The fourth-order valence-corrected chi connectivity index (χ4v) is 1.85. The molecule has 1 N–H and O–H groups in total. The molecule has 2 aromatic carbocycles. The van der Waals surface area contributed by atoms with Gasteiger partial charge in [0, 0.05) is 0 Å². The first-order valence-corrected chi connectivity index (χ1v) is 6.73. The molecule has 4 heteroatoms. The molecule has 2 rings (SSSR count). The number of nitrogens with one attached hydrogen (secondary N) is 1. The lowest BCUT2D eigenvalue weighted by Crippen LogP contribution is -2.30. The van der Waals surface area contributed by atoms with E-state index < -0.39 is 6.10 Å². The summed E-state index contributed by atoms with van der Waals surface area (Å²) in [6.45, 7) is 3.70. The van der Waals surface area contributed by atoms with Crippen molar-refractivity contribution in [1.82, 2.24) is 0 Å². The van der Waals surface area contributed by atoms with Crippen LogP contribution in [0, 0.1) is 6.92 Å². The molecule has 0 radical (unpaired) electrons. The maximum atomic E-state index is 12.0. The highest BCUT2D eigenvalue weighted by atomic mass is 35.5. The Hall–Kier alpha value is -2.00. The molecule has 1 atom stereocenters. The molecule has 1 unspecified atom stereocenters. The van der Waals surface area contributed by atoms with Crippen molar-refractivity contribution in [2.75, 3.05) is 5.32 Å². The Bertz CT molecular complexity index is 596. The fraction of sp³-hybridized carbons (Fsp3) is 0.188. The van der Waals surface area contributed by atoms with Crippen LogP contribution in [0.2, 0.25) is 5.02 Å². The van der Waals surface area contributed by atoms with Crippen LogP contribution in [0.4, 0.5) is 5.69 Å². The first-order valence-electron chi connectivity index (χ1n) is 6.35. The summed E-state index contributed by atoms with van der Waals surface area (Å²) in [6.07, 6.45) is -0.603. The van der Waals surface area contributed by atoms with Crippen LogP contribution in [-0.2, 0) is 4.79 Å². The maximum Gasteiger partial charge on any atom is 0.265 e. The number of aryl methyl sites for hydroxylation is 1. The van der Waals surface area contributed by atoms with Crippen LogP contribution in [0.1, 0.15) is 12.5 Å². The summed E-state index contributed by atoms with van der Waals surface area (Å²) in [5.74, 6) is 0.427. The van der Waals surface area contributed by atoms with Crippen molar-refractivity contribution in [2.24, 2.45) is 0 Å². The molecule has 0 aliphatic rings. The standard InChI is InChI=1S/C16H16ClNO2/c1-11-7-9-13(10-8-11)20-12(2)16(19)18-15-6-4-3-5-14(15)17/h3-10,12H,1-2H3,(H,18,19). The Morgan fingerprint density at radius 2 is 1.80 bits per heavy atom. The molecular formula is C16H16ClNO2. The minimum absolute atomic E-state index is 0.237. The van der Waals surface area contributed by atoms with Crippen molar-refractivity contribution in [2.45, 2.75) is 20.0 Å². The second kappa shape index (κ2) is 6.44. The molecule has 0 spiro atoms. The Balaban J connectivity index is 1.99. The molecule has 2 aromatic rings. The van der Waals surface area contributed by atoms with Crippen molar-refractivity contribution in [3.8, 4) is 5.75 Å². The van der Waals surface area contributed by atoms with E-state index in [4.69, 9.17) is 16.3 Å². The number of ether oxygens (including phenoxy) is 1. The molecule has 104 valence electrons. The minimum Gasteiger partial charge on any atom is -0.481 e. The maximum absolute atomic E-state index is 12.0. The van der Waals surface area contributed by atoms with Crippen LogP contribution < -0.4 is 10.1 Å². The lowest BCUT2D eigenvalue weighted by atomic mass is 10.2. The topological polar surface area (TPSA) is 38.3 Å². The second-order valence-corrected chi connectivity index (χ2v) is 4.95. The van der Waals surface area contributed by atoms with E-state index >= 15 is 0 Å². The van der Waals surface area contributed by atoms with Gasteiger partial charge in [-0.15, -0.1) is 0 Å². The predicted molar refractivity (Wildman–Crippen MR) is 81.4 cm³/mol. The Morgan fingerprint density at radius 3 is 2.45 bits per heavy atom. The molecule has 0 heterocycles. The van der Waals surface area contributed by atoms with E-state index in [1.54, 1.807) is 19.1 Å². The average molecular weight is 290 g/mol. The summed E-state index contributed by atoms with van der Waals surface area (Å²) < 4.78 is 5.59. The van der Waals surface area contributed by atoms with Gasteiger partial charge in [-0.3, -0.25) is 4.79 Å². The van der Waals surface area contributed by atoms with Gasteiger partial charge in [0.1, 0.15) is 5.75 Å². The number of carbonyl (C=O) groups is 1. The quantitative estimate of drug-likeness (QED) is 0.922. The molecule has 0 aliphatic heterocycles. The van der Waals surface area contributed by atoms with Gasteiger partial charge in [-0.25, -0.2) is 0 Å². The molecule has 0 bridgehead atoms. The number of hydrogen-bond donors (Lipinski definition) is 1. The summed E-state index contributed by atoms with van der Waals surface area (Å²) in [5.41, 5.74) is 1.73. The fourth-order valence-electron chi connectivity index (χ4n) is 1.67. The van der Waals surface area contributed by atoms with Gasteiger partial charge in [0.2, 0.25) is 0 Å². The number of amides is 1. The summed E-state index contributed by atoms with van der Waals surface area (Å²) in [4.78, 5) is 12.0. The molecule has 3 nitrogen and oxygen atoms in total. The number of carbonyl (C=O) groups excluding carboxylic acids is 1. The number of anilines is 1. The third-order valence-corrected chi connectivity index (χ3v) is 3.16. The van der Waals surface area contributed by atoms with Crippen LogP contribution in [0.15, 0.2) is 48.5 Å². The number of halogens is 1. The van der Waals surface area contributed by atoms with E-state index in [0.29, 0.717) is 16.5 Å². The molecule has 0 saturated carbocycles. The zero-order chi connectivity index (χ0) is 14.5. The summed E-state index contributed by atoms with van der Waals surface area (Å²) in [7, 11) is 0. The highest BCUT2D eigenvalue weighted by Gasteiger charge is 2.15. The summed E-state index contributed by atoms with van der Waals surface area (Å²) in [6, 6.07) is 14.7. The third-order valence-electron chi connectivity index (χ3n) is 2.83. The van der Waals surface area contributed by atoms with Crippen LogP contribution in [0.25, 0.3) is 0 Å². The summed E-state index contributed by atoms with van der Waals surface area (Å²) in [5, 5.41) is 3.25. The van der Waals surface area contributed by atoms with Crippen molar-refractivity contribution < 1.29 is 9.53 Å². The van der Waals surface area contributed by atoms with Gasteiger partial charge in [-0.2, -0.15) is 0 Å². The van der Waals surface area contributed by atoms with Crippen molar-refractivity contribution in [3.63, 3.8) is 0 Å². The van der Waals surface area contributed by atoms with Crippen LogP contribution in [-0.4, -0.2) is 12.0 Å². The van der Waals surface area contributed by atoms with E-state index in [0.717, 1.165) is 5.56 Å². The minimum atomic E-state index is -0.603. The molecule has 0 aromatic heterocycles. The zero-order valence-electron chi connectivity index (χ0n) is 11.4. The van der Waals surface area contributed by atoms with E-state index in [1.165, 1.54) is 0 Å². The van der Waals surface area contributed by atoms with Gasteiger partial charge in [0.25, 0.3) is 5.91 Å². The largest absolute Gasteiger partial charge is 0.481 e. The molecular weight excluding hydrogens is 274 g/mol. The second-order valence-electron chi connectivity index (χ2n) is 4.54. The molecule has 20 heavy (non-hydrogen) atoms. The van der Waals surface area contributed by atoms with E-state index in [-0.39, 0.29) is 5.91 Å². The van der Waals surface area contributed by atoms with Gasteiger partial charge in [-0.1, -0.05) is 41.4 Å². The van der Waals surface area contributed by atoms with Gasteiger partial charge >= 0.3 is 0 Å². The van der Waals surface area contributed by atoms with E-state index in [9.17, 15) is 4.79 Å². The highest BCUT2D eigenvalue weighted by molar-refractivity contribution is 6.33. The molecule has 0 saturated heterocycles. The van der Waals surface area contributed by atoms with Crippen molar-refractivity contribution in [1.29, 1.82) is 0 Å². The molecule has 0 fully saturated rings. The monoisotopic (exact) mass is 289 g/mol. The lowest BCUT2D eigenvalue weighted by molar-refractivity contribution is -0.122. The highest BCUT2D eigenvalue weighted by Crippen LogP contribution is 2.21. The first kappa shape index (κ1) is 14.4. The zero-order valence-corrected chi connectivity index (χ0v) is 12.1. The Kier molecular flexibility index (Phi) is 4.64. The SMILES string of the molecule is Cc1ccc(OC(C)C(=O)Nc2ccccc2Cl)cc1. The van der Waals surface area contributed by atoms with Gasteiger partial charge in [0.15, 0.2) is 6.10 Å². The van der Waals surface area contributed by atoms with E-state index in [2.05, 4.69) is 5.32 Å². The average Bonchev–Trinajstić information content (AvgIpc) is 2.44. The Morgan fingerprint density at radius 1 is 1.15 bits per heavy atom.